The van der Waals surface area contributed by atoms with Gasteiger partial charge in [0.25, 0.3) is 0 Å². The number of hydrogen-bond acceptors (Lipinski definition) is 4. The maximum atomic E-state index is 10.3. The van der Waals surface area contributed by atoms with Crippen LogP contribution in [0.3, 0.4) is 0 Å². The lowest BCUT2D eigenvalue weighted by molar-refractivity contribution is -0.174. The fraction of sp³-hybridized carbons (Fsp3) is 0.857. The van der Waals surface area contributed by atoms with E-state index in [0.717, 1.165) is 0 Å². The summed E-state index contributed by atoms with van der Waals surface area (Å²) < 4.78 is 10.1. The lowest BCUT2D eigenvalue weighted by Gasteiger charge is -2.15. The minimum atomic E-state index is -1.14. The Kier molecular flexibility index (Phi) is 2.36. The number of carboxylic acids is 1. The lowest BCUT2D eigenvalue weighted by Crippen LogP contribution is -2.24. The second kappa shape index (κ2) is 3.01. The number of aliphatic carboxylic acids is 1. The van der Waals surface area contributed by atoms with Crippen LogP contribution in [0.5, 0.6) is 0 Å². The van der Waals surface area contributed by atoms with Crippen molar-refractivity contribution in [2.75, 3.05) is 0 Å². The summed E-state index contributed by atoms with van der Waals surface area (Å²) in [4.78, 5) is 10.3. The summed E-state index contributed by atoms with van der Waals surface area (Å²) in [6, 6.07) is 0. The maximum Gasteiger partial charge on any atom is 0.306 e. The van der Waals surface area contributed by atoms with Crippen LogP contribution in [0.25, 0.3) is 0 Å². The van der Waals surface area contributed by atoms with Crippen LogP contribution in [-0.2, 0) is 14.3 Å². The highest BCUT2D eigenvalue weighted by molar-refractivity contribution is 5.67. The van der Waals surface area contributed by atoms with Crippen molar-refractivity contribution in [2.45, 2.75) is 38.4 Å². The van der Waals surface area contributed by atoms with Gasteiger partial charge in [-0.15, -0.1) is 0 Å². The summed E-state index contributed by atoms with van der Waals surface area (Å²) in [6.07, 6.45) is -2.15. The first kappa shape index (κ1) is 9.44. The van der Waals surface area contributed by atoms with Gasteiger partial charge in [0.15, 0.2) is 12.1 Å². The molecule has 1 aliphatic heterocycles. The molecular weight excluding hydrogens is 164 g/mol. The Morgan fingerprint density at radius 2 is 2.08 bits per heavy atom. The Bertz CT molecular complexity index is 188. The Morgan fingerprint density at radius 1 is 1.50 bits per heavy atom. The van der Waals surface area contributed by atoms with Gasteiger partial charge in [0, 0.05) is 0 Å². The molecule has 12 heavy (non-hydrogen) atoms. The molecule has 1 unspecified atom stereocenters. The van der Waals surface area contributed by atoms with Gasteiger partial charge in [-0.1, -0.05) is 0 Å². The summed E-state index contributed by atoms with van der Waals surface area (Å²) in [5.41, 5.74) is 0. The molecule has 2 atom stereocenters. The van der Waals surface area contributed by atoms with E-state index in [9.17, 15) is 4.79 Å². The Morgan fingerprint density at radius 3 is 2.42 bits per heavy atom. The monoisotopic (exact) mass is 176 g/mol. The molecule has 70 valence electrons. The number of ether oxygens (including phenoxy) is 2. The quantitative estimate of drug-likeness (QED) is 0.616. The zero-order valence-electron chi connectivity index (χ0n) is 6.98. The minimum Gasteiger partial charge on any atom is -0.481 e. The van der Waals surface area contributed by atoms with Crippen molar-refractivity contribution in [2.24, 2.45) is 0 Å². The van der Waals surface area contributed by atoms with Crippen LogP contribution in [-0.4, -0.2) is 34.4 Å². The van der Waals surface area contributed by atoms with Crippen LogP contribution in [0.2, 0.25) is 0 Å². The minimum absolute atomic E-state index is 0.245. The fourth-order valence-electron chi connectivity index (χ4n) is 1.13. The van der Waals surface area contributed by atoms with Crippen LogP contribution in [0, 0.1) is 0 Å². The van der Waals surface area contributed by atoms with Crippen LogP contribution < -0.4 is 0 Å². The molecular formula is C7H12O5. The summed E-state index contributed by atoms with van der Waals surface area (Å²) in [7, 11) is 0. The zero-order valence-corrected chi connectivity index (χ0v) is 6.98. The fourth-order valence-corrected chi connectivity index (χ4v) is 1.13. The molecule has 0 aromatic heterocycles. The third-order valence-electron chi connectivity index (χ3n) is 1.53. The Balaban J connectivity index is 2.52. The highest BCUT2D eigenvalue weighted by Crippen LogP contribution is 2.28. The highest BCUT2D eigenvalue weighted by Gasteiger charge is 2.41. The van der Waals surface area contributed by atoms with Crippen molar-refractivity contribution < 1.29 is 24.5 Å². The van der Waals surface area contributed by atoms with E-state index in [1.54, 1.807) is 13.8 Å². The summed E-state index contributed by atoms with van der Waals surface area (Å²) in [5, 5.41) is 17.6. The molecule has 1 fully saturated rings. The van der Waals surface area contributed by atoms with Crippen molar-refractivity contribution in [3.05, 3.63) is 0 Å². The van der Waals surface area contributed by atoms with Gasteiger partial charge in [-0.2, -0.15) is 0 Å². The lowest BCUT2D eigenvalue weighted by atomic mass is 10.2. The molecule has 0 radical (unpaired) electrons. The standard InChI is InChI=1S/C7H12O5/c1-7(2)11-4(3-5(8)9)6(10)12-7/h4,6,10H,3H2,1-2H3,(H,8,9)/t4-,6?/m0/s1. The molecule has 0 spiro atoms. The smallest absolute Gasteiger partial charge is 0.306 e. The van der Waals surface area contributed by atoms with Crippen LogP contribution in [0.4, 0.5) is 0 Å². The zero-order chi connectivity index (χ0) is 9.35. The number of hydrogen-bond donors (Lipinski definition) is 2. The van der Waals surface area contributed by atoms with Crippen molar-refractivity contribution in [1.29, 1.82) is 0 Å². The predicted octanol–water partition coefficient (Wildman–Crippen LogP) is -0.0690. The van der Waals surface area contributed by atoms with Crippen molar-refractivity contribution in [3.8, 4) is 0 Å². The topological polar surface area (TPSA) is 76.0 Å². The van der Waals surface area contributed by atoms with Gasteiger partial charge in [-0.25, -0.2) is 0 Å². The van der Waals surface area contributed by atoms with Crippen LogP contribution >= 0.6 is 0 Å². The number of carboxylic acid groups (broad SMARTS) is 1. The van der Waals surface area contributed by atoms with Crippen LogP contribution in [0.1, 0.15) is 20.3 Å². The molecule has 0 aliphatic carbocycles. The second-order valence-corrected chi connectivity index (χ2v) is 3.16. The van der Waals surface area contributed by atoms with Gasteiger partial charge in [-0.05, 0) is 13.8 Å². The van der Waals surface area contributed by atoms with E-state index >= 15 is 0 Å². The SMILES string of the molecule is CC1(C)OC(O)[C@H](CC(=O)O)O1. The first-order chi connectivity index (χ1) is 5.41. The molecule has 0 amide bonds. The first-order valence-electron chi connectivity index (χ1n) is 3.66. The maximum absolute atomic E-state index is 10.3. The Labute approximate surface area is 69.9 Å². The van der Waals surface area contributed by atoms with E-state index in [0.29, 0.717) is 0 Å². The molecule has 5 heteroatoms. The molecule has 2 N–H and O–H groups in total. The summed E-state index contributed by atoms with van der Waals surface area (Å²) >= 11 is 0. The van der Waals surface area contributed by atoms with Gasteiger partial charge in [-0.3, -0.25) is 4.79 Å². The van der Waals surface area contributed by atoms with Gasteiger partial charge in [0.2, 0.25) is 0 Å². The largest absolute Gasteiger partial charge is 0.481 e. The van der Waals surface area contributed by atoms with Gasteiger partial charge >= 0.3 is 5.97 Å². The van der Waals surface area contributed by atoms with Crippen molar-refractivity contribution in [3.63, 3.8) is 0 Å². The van der Waals surface area contributed by atoms with Crippen molar-refractivity contribution in [1.82, 2.24) is 0 Å². The molecule has 0 aromatic rings. The number of aliphatic hydroxyl groups excluding tert-OH is 1. The number of carbonyl (C=O) groups is 1. The molecule has 0 bridgehead atoms. The predicted molar refractivity (Wildman–Crippen MR) is 38.3 cm³/mol. The van der Waals surface area contributed by atoms with E-state index in [1.807, 2.05) is 0 Å². The third-order valence-corrected chi connectivity index (χ3v) is 1.53. The normalized spacial score (nSPS) is 33.6. The molecule has 0 aromatic carbocycles. The molecule has 1 heterocycles. The van der Waals surface area contributed by atoms with Crippen LogP contribution in [0.15, 0.2) is 0 Å². The van der Waals surface area contributed by atoms with E-state index in [-0.39, 0.29) is 6.42 Å². The van der Waals surface area contributed by atoms with E-state index in [1.165, 1.54) is 0 Å². The molecule has 0 saturated carbocycles. The molecule has 5 nitrogen and oxygen atoms in total. The van der Waals surface area contributed by atoms with Gasteiger partial charge < -0.3 is 19.7 Å². The highest BCUT2D eigenvalue weighted by atomic mass is 16.8. The third kappa shape index (κ3) is 2.17. The summed E-state index contributed by atoms with van der Waals surface area (Å²) in [5.74, 6) is -1.90. The van der Waals surface area contributed by atoms with E-state index in [4.69, 9.17) is 19.7 Å². The van der Waals surface area contributed by atoms with E-state index in [2.05, 4.69) is 0 Å². The summed E-state index contributed by atoms with van der Waals surface area (Å²) in [6.45, 7) is 3.25. The average molecular weight is 176 g/mol. The molecule has 1 rings (SSSR count). The molecule has 1 saturated heterocycles. The van der Waals surface area contributed by atoms with Gasteiger partial charge in [0.05, 0.1) is 6.42 Å². The Hall–Kier alpha value is -0.650. The van der Waals surface area contributed by atoms with Gasteiger partial charge in [0.1, 0.15) is 6.10 Å². The second-order valence-electron chi connectivity index (χ2n) is 3.16. The average Bonchev–Trinajstić information content (AvgIpc) is 2.03. The van der Waals surface area contributed by atoms with Crippen molar-refractivity contribution >= 4 is 5.97 Å². The van der Waals surface area contributed by atoms with E-state index < -0.39 is 24.2 Å². The number of rotatable bonds is 2. The first-order valence-corrected chi connectivity index (χ1v) is 3.66. The number of aliphatic hydroxyl groups is 1. The molecule has 1 aliphatic rings.